The van der Waals surface area contributed by atoms with Gasteiger partial charge in [0.05, 0.1) is 6.61 Å². The molecule has 0 heterocycles. The van der Waals surface area contributed by atoms with Crippen molar-refractivity contribution in [2.75, 3.05) is 13.2 Å². The van der Waals surface area contributed by atoms with E-state index in [0.29, 0.717) is 12.8 Å². The molecule has 0 aromatic heterocycles. The Balaban J connectivity index is 2.30. The average Bonchev–Trinajstić information content (AvgIpc) is 3.28. The van der Waals surface area contributed by atoms with Crippen LogP contribution in [-0.4, -0.2) is 98.3 Å². The number of esters is 2. The van der Waals surface area contributed by atoms with E-state index in [1.807, 2.05) is 0 Å². The standard InChI is InChI=1S/C50H97O13P/c1-3-5-7-9-11-13-15-16-17-18-19-20-21-22-23-24-25-26-27-29-31-33-35-37-39-44(52)62-42(40-60-43(51)38-36-34-32-30-28-14-12-10-8-6-4-2)41-61-64(58,59)63-50-48(56)46(54)45(53)47(55)49(50)57/h42,45-50,53-57H,3-41H2,1-2H3,(H,58,59). The zero-order valence-corrected chi connectivity index (χ0v) is 41.5. The topological polar surface area (TPSA) is 210 Å². The van der Waals surface area contributed by atoms with Gasteiger partial charge in [0, 0.05) is 12.8 Å². The minimum Gasteiger partial charge on any atom is -0.462 e. The van der Waals surface area contributed by atoms with E-state index in [0.717, 1.165) is 38.5 Å². The summed E-state index contributed by atoms with van der Waals surface area (Å²) in [5, 5.41) is 50.2. The number of aliphatic hydroxyl groups is 5. The molecule has 0 spiro atoms. The number of carbonyl (C=O) groups excluding carboxylic acids is 2. The maximum Gasteiger partial charge on any atom is 0.472 e. The fourth-order valence-electron chi connectivity index (χ4n) is 8.47. The summed E-state index contributed by atoms with van der Waals surface area (Å²) < 4.78 is 33.6. The van der Waals surface area contributed by atoms with E-state index in [-0.39, 0.29) is 12.8 Å². The zero-order valence-electron chi connectivity index (χ0n) is 40.6. The van der Waals surface area contributed by atoms with Crippen LogP contribution >= 0.6 is 7.82 Å². The first-order chi connectivity index (χ1) is 30.9. The molecule has 0 bridgehead atoms. The largest absolute Gasteiger partial charge is 0.472 e. The number of phosphoric ester groups is 1. The van der Waals surface area contributed by atoms with Gasteiger partial charge in [-0.2, -0.15) is 0 Å². The number of phosphoric acid groups is 1. The van der Waals surface area contributed by atoms with Gasteiger partial charge in [0.25, 0.3) is 0 Å². The van der Waals surface area contributed by atoms with Crippen LogP contribution < -0.4 is 0 Å². The predicted octanol–water partition coefficient (Wildman–Crippen LogP) is 11.2. The molecule has 0 radical (unpaired) electrons. The Hall–Kier alpha value is -1.15. The lowest BCUT2D eigenvalue weighted by molar-refractivity contribution is -0.220. The molecule has 6 N–H and O–H groups in total. The summed E-state index contributed by atoms with van der Waals surface area (Å²) in [6, 6.07) is 0. The summed E-state index contributed by atoms with van der Waals surface area (Å²) in [5.74, 6) is -1.08. The van der Waals surface area contributed by atoms with E-state index in [1.165, 1.54) is 173 Å². The van der Waals surface area contributed by atoms with Gasteiger partial charge < -0.3 is 39.9 Å². The lowest BCUT2D eigenvalue weighted by atomic mass is 9.85. The van der Waals surface area contributed by atoms with Crippen LogP contribution in [0.25, 0.3) is 0 Å². The molecule has 1 fully saturated rings. The first-order valence-corrected chi connectivity index (χ1v) is 27.8. The van der Waals surface area contributed by atoms with Crippen LogP contribution in [0.2, 0.25) is 0 Å². The van der Waals surface area contributed by atoms with Crippen molar-refractivity contribution < 1.29 is 63.1 Å². The van der Waals surface area contributed by atoms with Gasteiger partial charge in [0.15, 0.2) is 6.10 Å². The maximum atomic E-state index is 12.8. The molecule has 380 valence electrons. The highest BCUT2D eigenvalue weighted by Crippen LogP contribution is 2.47. The molecule has 6 unspecified atom stereocenters. The molecular weight excluding hydrogens is 840 g/mol. The second-order valence-corrected chi connectivity index (χ2v) is 20.2. The Labute approximate surface area is 389 Å². The van der Waals surface area contributed by atoms with Crippen LogP contribution in [0, 0.1) is 0 Å². The van der Waals surface area contributed by atoms with Gasteiger partial charge in [-0.3, -0.25) is 18.6 Å². The molecule has 1 aliphatic rings. The number of hydrogen-bond acceptors (Lipinski definition) is 12. The van der Waals surface area contributed by atoms with Gasteiger partial charge in [-0.05, 0) is 12.8 Å². The maximum absolute atomic E-state index is 12.8. The smallest absolute Gasteiger partial charge is 0.462 e. The summed E-state index contributed by atoms with van der Waals surface area (Å²) in [6.45, 7) is 3.33. The number of rotatable bonds is 45. The average molecular weight is 937 g/mol. The van der Waals surface area contributed by atoms with Gasteiger partial charge in [-0.25, -0.2) is 4.57 Å². The highest BCUT2D eigenvalue weighted by molar-refractivity contribution is 7.47. The molecule has 1 rings (SSSR count). The molecule has 13 nitrogen and oxygen atoms in total. The van der Waals surface area contributed by atoms with E-state index in [1.54, 1.807) is 0 Å². The van der Waals surface area contributed by atoms with Crippen molar-refractivity contribution in [3.63, 3.8) is 0 Å². The van der Waals surface area contributed by atoms with Crippen molar-refractivity contribution in [3.8, 4) is 0 Å². The normalized spacial score (nSPS) is 21.4. The van der Waals surface area contributed by atoms with Crippen molar-refractivity contribution in [2.24, 2.45) is 0 Å². The fourth-order valence-corrected chi connectivity index (χ4v) is 9.44. The van der Waals surface area contributed by atoms with E-state index >= 15 is 0 Å². The SMILES string of the molecule is CCCCCCCCCCCCCCCCCCCCCCCCCCC(=O)OC(COC(=O)CCCCCCCCCCCCC)COP(=O)(O)OC1C(O)C(O)C(O)C(O)C1O. The highest BCUT2D eigenvalue weighted by Gasteiger charge is 2.51. The quantitative estimate of drug-likeness (QED) is 0.0191. The second-order valence-electron chi connectivity index (χ2n) is 18.7. The number of ether oxygens (including phenoxy) is 2. The van der Waals surface area contributed by atoms with E-state index < -0.39 is 75.7 Å². The lowest BCUT2D eigenvalue weighted by Crippen LogP contribution is -2.64. The van der Waals surface area contributed by atoms with Crippen LogP contribution in [0.1, 0.15) is 251 Å². The Kier molecular flexibility index (Phi) is 38.9. The molecule has 64 heavy (non-hydrogen) atoms. The minimum atomic E-state index is -5.11. The van der Waals surface area contributed by atoms with Crippen LogP contribution in [0.15, 0.2) is 0 Å². The molecule has 1 saturated carbocycles. The number of hydrogen-bond donors (Lipinski definition) is 6. The molecule has 0 amide bonds. The van der Waals surface area contributed by atoms with Gasteiger partial charge in [0.1, 0.15) is 43.2 Å². The Bertz CT molecular complexity index is 1130. The Morgan fingerprint density at radius 2 is 0.703 bits per heavy atom. The summed E-state index contributed by atoms with van der Waals surface area (Å²) in [5.41, 5.74) is 0. The van der Waals surface area contributed by atoms with Gasteiger partial charge in [0.2, 0.25) is 0 Å². The van der Waals surface area contributed by atoms with E-state index in [4.69, 9.17) is 18.5 Å². The molecule has 14 heteroatoms. The third-order valence-corrected chi connectivity index (χ3v) is 13.7. The number of unbranched alkanes of at least 4 members (excludes halogenated alkanes) is 33. The van der Waals surface area contributed by atoms with E-state index in [2.05, 4.69) is 13.8 Å². The van der Waals surface area contributed by atoms with Crippen LogP contribution in [0.3, 0.4) is 0 Å². The third kappa shape index (κ3) is 32.5. The Morgan fingerprint density at radius 3 is 1.03 bits per heavy atom. The molecule has 0 aliphatic heterocycles. The third-order valence-electron chi connectivity index (χ3n) is 12.7. The monoisotopic (exact) mass is 937 g/mol. The molecule has 1 aliphatic carbocycles. The van der Waals surface area contributed by atoms with E-state index in [9.17, 15) is 44.6 Å². The van der Waals surface area contributed by atoms with Crippen LogP contribution in [0.5, 0.6) is 0 Å². The molecule has 0 saturated heterocycles. The predicted molar refractivity (Wildman–Crippen MR) is 254 cm³/mol. The van der Waals surface area contributed by atoms with Crippen molar-refractivity contribution >= 4 is 19.8 Å². The molecular formula is C50H97O13P. The highest BCUT2D eigenvalue weighted by atomic mass is 31.2. The first kappa shape index (κ1) is 60.9. The fraction of sp³-hybridized carbons (Fsp3) is 0.960. The number of carbonyl (C=O) groups is 2. The summed E-state index contributed by atoms with van der Waals surface area (Å²) >= 11 is 0. The van der Waals surface area contributed by atoms with Crippen molar-refractivity contribution in [2.45, 2.75) is 294 Å². The molecule has 0 aromatic rings. The van der Waals surface area contributed by atoms with Gasteiger partial charge in [-0.15, -0.1) is 0 Å². The summed E-state index contributed by atoms with van der Waals surface area (Å²) in [7, 11) is -5.11. The molecule has 6 atom stereocenters. The Morgan fingerprint density at radius 1 is 0.422 bits per heavy atom. The number of aliphatic hydroxyl groups excluding tert-OH is 5. The van der Waals surface area contributed by atoms with Crippen LogP contribution in [-0.2, 0) is 32.7 Å². The minimum absolute atomic E-state index is 0.105. The summed E-state index contributed by atoms with van der Waals surface area (Å²) in [4.78, 5) is 35.7. The van der Waals surface area contributed by atoms with Crippen LogP contribution in [0.4, 0.5) is 0 Å². The molecule has 0 aromatic carbocycles. The van der Waals surface area contributed by atoms with Crippen molar-refractivity contribution in [1.29, 1.82) is 0 Å². The first-order valence-electron chi connectivity index (χ1n) is 26.3. The summed E-state index contributed by atoms with van der Waals surface area (Å²) in [6.07, 6.45) is 30.3. The van der Waals surface area contributed by atoms with Gasteiger partial charge in [-0.1, -0.05) is 226 Å². The zero-order chi connectivity index (χ0) is 47.1. The lowest BCUT2D eigenvalue weighted by Gasteiger charge is -2.41. The van der Waals surface area contributed by atoms with Gasteiger partial charge >= 0.3 is 19.8 Å². The van der Waals surface area contributed by atoms with Crippen molar-refractivity contribution in [1.82, 2.24) is 0 Å². The second kappa shape index (κ2) is 40.9. The van der Waals surface area contributed by atoms with Crippen molar-refractivity contribution in [3.05, 3.63) is 0 Å².